The second kappa shape index (κ2) is 18.5. The number of aliphatic carboxylic acids is 2. The molecule has 6 nitrogen and oxygen atoms in total. The van der Waals surface area contributed by atoms with Crippen LogP contribution in [0.15, 0.2) is 83.8 Å². The molecule has 0 radical (unpaired) electrons. The van der Waals surface area contributed by atoms with Crippen molar-refractivity contribution >= 4 is 46.9 Å². The maximum absolute atomic E-state index is 12.7. The molecule has 4 aromatic carbocycles. The van der Waals surface area contributed by atoms with Gasteiger partial charge < -0.3 is 19.7 Å². The number of carboxylic acids is 2. The van der Waals surface area contributed by atoms with Crippen LogP contribution >= 0.6 is 35.0 Å². The summed E-state index contributed by atoms with van der Waals surface area (Å²) in [6, 6.07) is 21.4. The van der Waals surface area contributed by atoms with Gasteiger partial charge in [0.15, 0.2) is 13.2 Å². The molecule has 0 aromatic heterocycles. The van der Waals surface area contributed by atoms with E-state index < -0.39 is 49.3 Å². The van der Waals surface area contributed by atoms with Crippen molar-refractivity contribution in [3.63, 3.8) is 0 Å². The van der Waals surface area contributed by atoms with Gasteiger partial charge in [0, 0.05) is 16.0 Å². The van der Waals surface area contributed by atoms with Crippen LogP contribution in [0.2, 0.25) is 10.0 Å². The Morgan fingerprint density at radius 3 is 1.46 bits per heavy atom. The monoisotopic (exact) mass is 842 g/mol. The van der Waals surface area contributed by atoms with Crippen molar-refractivity contribution in [3.8, 4) is 33.8 Å². The van der Waals surface area contributed by atoms with Crippen LogP contribution in [0.5, 0.6) is 11.5 Å². The van der Waals surface area contributed by atoms with E-state index >= 15 is 0 Å². The fraction of sp³-hybridized carbons (Fsp3) is 0.366. The number of hydrogen-bond acceptors (Lipinski definition) is 5. The molecule has 0 heterocycles. The van der Waals surface area contributed by atoms with Gasteiger partial charge in [-0.05, 0) is 89.6 Å². The zero-order valence-corrected chi connectivity index (χ0v) is 32.3. The largest absolute Gasteiger partial charge is 0.483 e. The SMILES string of the molecule is CSc1ccc(-c2ccc(C(CC3CC3)C(=O)O)cc2OCC(F)(F)F)cc1.O=C(O)C(CC1CC1)c1ccc(-c2ccc(Cl)c(Cl)c2)c(OCC(F)(F)F)c1. The molecule has 0 saturated heterocycles. The Morgan fingerprint density at radius 1 is 0.661 bits per heavy atom. The van der Waals surface area contributed by atoms with E-state index in [1.54, 1.807) is 42.1 Å². The van der Waals surface area contributed by atoms with Crippen molar-refractivity contribution in [2.45, 2.75) is 67.6 Å². The maximum atomic E-state index is 12.7. The molecule has 15 heteroatoms. The molecular formula is C41H38Cl2F6O6S. The minimum absolute atomic E-state index is 0.0461. The second-order valence-electron chi connectivity index (χ2n) is 13.8. The Bertz CT molecular complexity index is 2000. The van der Waals surface area contributed by atoms with Gasteiger partial charge in [-0.3, -0.25) is 9.59 Å². The van der Waals surface area contributed by atoms with E-state index in [1.165, 1.54) is 24.3 Å². The van der Waals surface area contributed by atoms with E-state index in [4.69, 9.17) is 32.7 Å². The lowest BCUT2D eigenvalue weighted by Gasteiger charge is -2.18. The third-order valence-electron chi connectivity index (χ3n) is 9.36. The summed E-state index contributed by atoms with van der Waals surface area (Å²) in [5, 5.41) is 19.7. The van der Waals surface area contributed by atoms with E-state index in [1.807, 2.05) is 30.5 Å². The minimum atomic E-state index is -4.52. The van der Waals surface area contributed by atoms with Crippen molar-refractivity contribution < 1.29 is 55.6 Å². The first-order valence-electron chi connectivity index (χ1n) is 17.6. The number of hydrogen-bond donors (Lipinski definition) is 2. The van der Waals surface area contributed by atoms with E-state index in [2.05, 4.69) is 0 Å². The Kier molecular flexibility index (Phi) is 14.2. The molecule has 2 aliphatic rings. The van der Waals surface area contributed by atoms with E-state index in [0.717, 1.165) is 36.1 Å². The summed E-state index contributed by atoms with van der Waals surface area (Å²) in [4.78, 5) is 24.4. The first-order valence-corrected chi connectivity index (χ1v) is 19.6. The lowest BCUT2D eigenvalue weighted by atomic mass is 9.91. The number of halogens is 8. The lowest BCUT2D eigenvalue weighted by Crippen LogP contribution is -2.20. The van der Waals surface area contributed by atoms with Crippen LogP contribution in [-0.4, -0.2) is 54.0 Å². The van der Waals surface area contributed by atoms with Gasteiger partial charge in [-0.15, -0.1) is 11.8 Å². The molecule has 2 saturated carbocycles. The normalized spacial score (nSPS) is 15.3. The van der Waals surface area contributed by atoms with Gasteiger partial charge in [0.25, 0.3) is 0 Å². The van der Waals surface area contributed by atoms with E-state index in [-0.39, 0.29) is 16.5 Å². The minimum Gasteiger partial charge on any atom is -0.483 e. The number of carbonyl (C=O) groups is 2. The van der Waals surface area contributed by atoms with Crippen LogP contribution in [-0.2, 0) is 9.59 Å². The van der Waals surface area contributed by atoms with Crippen molar-refractivity contribution in [3.05, 3.63) is 100 Å². The summed E-state index contributed by atoms with van der Waals surface area (Å²) in [5.74, 6) is -2.78. The number of rotatable bonds is 15. The lowest BCUT2D eigenvalue weighted by molar-refractivity contribution is -0.154. The summed E-state index contributed by atoms with van der Waals surface area (Å²) >= 11 is 13.5. The second-order valence-corrected chi connectivity index (χ2v) is 15.5. The maximum Gasteiger partial charge on any atom is 0.422 e. The average Bonchev–Trinajstić information content (AvgIpc) is 4.09. The number of ether oxygens (including phenoxy) is 2. The number of carboxylic acid groups (broad SMARTS) is 2. The Labute approximate surface area is 334 Å². The van der Waals surface area contributed by atoms with E-state index in [9.17, 15) is 46.1 Å². The third kappa shape index (κ3) is 12.7. The highest BCUT2D eigenvalue weighted by molar-refractivity contribution is 7.98. The predicted octanol–water partition coefficient (Wildman–Crippen LogP) is 12.6. The smallest absolute Gasteiger partial charge is 0.422 e. The van der Waals surface area contributed by atoms with Crippen LogP contribution in [0, 0.1) is 11.8 Å². The van der Waals surface area contributed by atoms with Crippen LogP contribution in [0.25, 0.3) is 22.3 Å². The fourth-order valence-electron chi connectivity index (χ4n) is 6.11. The van der Waals surface area contributed by atoms with Crippen molar-refractivity contribution in [2.24, 2.45) is 11.8 Å². The molecule has 2 unspecified atom stereocenters. The molecule has 2 aliphatic carbocycles. The summed E-state index contributed by atoms with van der Waals surface area (Å²) in [7, 11) is 0. The van der Waals surface area contributed by atoms with Gasteiger partial charge in [0.1, 0.15) is 11.5 Å². The Hall–Kier alpha value is -4.07. The molecule has 2 fully saturated rings. The van der Waals surface area contributed by atoms with Crippen LogP contribution in [0.1, 0.15) is 61.5 Å². The highest BCUT2D eigenvalue weighted by atomic mass is 35.5. The van der Waals surface area contributed by atoms with Gasteiger partial charge in [-0.2, -0.15) is 26.3 Å². The highest BCUT2D eigenvalue weighted by Gasteiger charge is 2.34. The van der Waals surface area contributed by atoms with E-state index in [0.29, 0.717) is 57.5 Å². The Morgan fingerprint density at radius 2 is 1.09 bits per heavy atom. The summed E-state index contributed by atoms with van der Waals surface area (Å²) in [5.41, 5.74) is 3.02. The van der Waals surface area contributed by atoms with Gasteiger partial charge >= 0.3 is 24.3 Å². The molecule has 6 rings (SSSR count). The van der Waals surface area contributed by atoms with Crippen molar-refractivity contribution in [1.29, 1.82) is 0 Å². The van der Waals surface area contributed by atoms with Crippen molar-refractivity contribution in [1.82, 2.24) is 0 Å². The molecule has 0 spiro atoms. The van der Waals surface area contributed by atoms with Crippen LogP contribution in [0.4, 0.5) is 26.3 Å². The first kappa shape index (κ1) is 43.1. The predicted molar refractivity (Wildman–Crippen MR) is 204 cm³/mol. The Balaban J connectivity index is 0.000000214. The number of alkyl halides is 6. The zero-order chi connectivity index (χ0) is 40.8. The van der Waals surface area contributed by atoms with Gasteiger partial charge in [-0.25, -0.2) is 0 Å². The van der Waals surface area contributed by atoms with Gasteiger partial charge in [-0.1, -0.05) is 91.3 Å². The molecule has 4 aromatic rings. The topological polar surface area (TPSA) is 93.1 Å². The average molecular weight is 844 g/mol. The van der Waals surface area contributed by atoms with Crippen molar-refractivity contribution in [2.75, 3.05) is 19.5 Å². The molecule has 0 aliphatic heterocycles. The van der Waals surface area contributed by atoms with Gasteiger partial charge in [0.05, 0.1) is 21.9 Å². The molecular weight excluding hydrogens is 805 g/mol. The zero-order valence-electron chi connectivity index (χ0n) is 29.9. The number of benzene rings is 4. The molecule has 2 N–H and O–H groups in total. The summed E-state index contributed by atoms with van der Waals surface area (Å²) < 4.78 is 86.4. The molecule has 0 amide bonds. The first-order chi connectivity index (χ1) is 26.4. The molecule has 300 valence electrons. The summed E-state index contributed by atoms with van der Waals surface area (Å²) in [6.45, 7) is -2.90. The molecule has 0 bridgehead atoms. The van der Waals surface area contributed by atoms with Crippen LogP contribution in [0.3, 0.4) is 0 Å². The molecule has 56 heavy (non-hydrogen) atoms. The third-order valence-corrected chi connectivity index (χ3v) is 10.8. The quantitative estimate of drug-likeness (QED) is 0.0909. The standard InChI is InChI=1S/C21H21F3O3S.C20H17Cl2F3O3/c1-28-16-7-4-14(5-8-16)17-9-6-15(11-19(17)27-12-21(22,23)24)18(20(25)26)10-13-2-3-13;21-16-6-4-12(8-17(16)22)14-5-3-13(9-18(14)28-10-20(23,24)25)15(19(26)27)7-11-1-2-11/h4-9,11,13,18H,2-3,10,12H2,1H3,(H,25,26);3-6,8-9,11,15H,1-2,7,10H2,(H,26,27). The summed E-state index contributed by atoms with van der Waals surface area (Å²) in [6.07, 6.45) is -2.15. The molecule has 2 atom stereocenters. The fourth-order valence-corrected chi connectivity index (χ4v) is 6.82. The van der Waals surface area contributed by atoms with Gasteiger partial charge in [0.2, 0.25) is 0 Å². The highest BCUT2D eigenvalue weighted by Crippen LogP contribution is 2.43. The van der Waals surface area contributed by atoms with Crippen LogP contribution < -0.4 is 9.47 Å². The number of thioether (sulfide) groups is 1.